The average molecular weight is 311 g/mol. The molecule has 1 aromatic carbocycles. The van der Waals surface area contributed by atoms with E-state index in [1.807, 2.05) is 0 Å². The SMILES string of the molecule is Cn1c(=O)n(C2CCC(=O)NC2=O)c2cccc(C#CC=O)c21. The number of aldehydes is 1. The molecule has 2 amide bonds. The average Bonchev–Trinajstić information content (AvgIpc) is 2.78. The van der Waals surface area contributed by atoms with Crippen molar-refractivity contribution in [3.63, 3.8) is 0 Å². The van der Waals surface area contributed by atoms with E-state index in [-0.39, 0.29) is 24.4 Å². The van der Waals surface area contributed by atoms with Crippen molar-refractivity contribution in [1.82, 2.24) is 14.5 Å². The number of nitrogens with one attached hydrogen (secondary N) is 1. The predicted molar refractivity (Wildman–Crippen MR) is 81.5 cm³/mol. The van der Waals surface area contributed by atoms with Gasteiger partial charge >= 0.3 is 5.69 Å². The normalized spacial score (nSPS) is 17.5. The molecular formula is C16H13N3O4. The lowest BCUT2D eigenvalue weighted by atomic mass is 10.1. The molecule has 1 fully saturated rings. The maximum Gasteiger partial charge on any atom is 0.329 e. The third kappa shape index (κ3) is 2.34. The van der Waals surface area contributed by atoms with Gasteiger partial charge in [-0.3, -0.25) is 28.8 Å². The van der Waals surface area contributed by atoms with Gasteiger partial charge in [-0.05, 0) is 24.5 Å². The summed E-state index contributed by atoms with van der Waals surface area (Å²) < 4.78 is 2.77. The second-order valence-corrected chi connectivity index (χ2v) is 5.24. The van der Waals surface area contributed by atoms with Gasteiger partial charge in [0.15, 0.2) is 6.29 Å². The number of fused-ring (bicyclic) bond motifs is 1. The van der Waals surface area contributed by atoms with Gasteiger partial charge in [0.2, 0.25) is 11.8 Å². The third-order valence-electron chi connectivity index (χ3n) is 3.89. The number of aryl methyl sites for hydroxylation is 1. The highest BCUT2D eigenvalue weighted by molar-refractivity contribution is 6.00. The first kappa shape index (κ1) is 14.8. The Morgan fingerprint density at radius 2 is 2.09 bits per heavy atom. The molecule has 7 heteroatoms. The summed E-state index contributed by atoms with van der Waals surface area (Å²) in [6.45, 7) is 0. The zero-order valence-corrected chi connectivity index (χ0v) is 12.3. The van der Waals surface area contributed by atoms with E-state index in [4.69, 9.17) is 0 Å². The Labute approximate surface area is 130 Å². The summed E-state index contributed by atoms with van der Waals surface area (Å²) in [5, 5.41) is 2.26. The number of imidazole rings is 1. The maximum absolute atomic E-state index is 12.6. The fourth-order valence-electron chi connectivity index (χ4n) is 2.88. The fourth-order valence-corrected chi connectivity index (χ4v) is 2.88. The quantitative estimate of drug-likeness (QED) is 0.451. The summed E-state index contributed by atoms with van der Waals surface area (Å²) in [6.07, 6.45) is 0.936. The number of aromatic nitrogens is 2. The van der Waals surface area contributed by atoms with Crippen molar-refractivity contribution >= 4 is 29.1 Å². The van der Waals surface area contributed by atoms with Crippen LogP contribution in [0.25, 0.3) is 11.0 Å². The predicted octanol–water partition coefficient (Wildman–Crippen LogP) is -0.132. The number of amides is 2. The monoisotopic (exact) mass is 311 g/mol. The summed E-state index contributed by atoms with van der Waals surface area (Å²) in [7, 11) is 1.58. The number of imide groups is 1. The van der Waals surface area contributed by atoms with Crippen molar-refractivity contribution < 1.29 is 14.4 Å². The Kier molecular flexibility index (Phi) is 3.58. The van der Waals surface area contributed by atoms with Crippen LogP contribution in [0, 0.1) is 11.8 Å². The van der Waals surface area contributed by atoms with Crippen LogP contribution in [0.1, 0.15) is 24.4 Å². The molecule has 23 heavy (non-hydrogen) atoms. The highest BCUT2D eigenvalue weighted by Gasteiger charge is 2.31. The standard InChI is InChI=1S/C16H13N3O4/c1-18-14-10(5-3-9-20)4-2-6-11(14)19(16(18)23)12-7-8-13(21)17-15(12)22/h2,4,6,9,12H,7-8H2,1H3,(H,17,21,22). The molecule has 3 rings (SSSR count). The minimum atomic E-state index is -0.738. The Morgan fingerprint density at radius 1 is 1.30 bits per heavy atom. The zero-order valence-electron chi connectivity index (χ0n) is 12.3. The Morgan fingerprint density at radius 3 is 2.78 bits per heavy atom. The van der Waals surface area contributed by atoms with Crippen LogP contribution in [-0.4, -0.2) is 27.2 Å². The van der Waals surface area contributed by atoms with Crippen molar-refractivity contribution in [3.8, 4) is 11.8 Å². The van der Waals surface area contributed by atoms with Gasteiger partial charge in [0, 0.05) is 13.5 Å². The van der Waals surface area contributed by atoms with E-state index in [1.165, 1.54) is 9.13 Å². The largest absolute Gasteiger partial charge is 0.329 e. The number of hydrogen-bond donors (Lipinski definition) is 1. The molecule has 0 bridgehead atoms. The van der Waals surface area contributed by atoms with Crippen LogP contribution in [0.15, 0.2) is 23.0 Å². The van der Waals surface area contributed by atoms with E-state index in [0.717, 1.165) is 0 Å². The van der Waals surface area contributed by atoms with Crippen LogP contribution in [0.4, 0.5) is 0 Å². The molecule has 1 aliphatic rings. The number of hydrogen-bond acceptors (Lipinski definition) is 4. The molecule has 7 nitrogen and oxygen atoms in total. The van der Waals surface area contributed by atoms with Crippen LogP contribution in [0.2, 0.25) is 0 Å². The van der Waals surface area contributed by atoms with Crippen molar-refractivity contribution in [1.29, 1.82) is 0 Å². The van der Waals surface area contributed by atoms with Gasteiger partial charge in [0.25, 0.3) is 0 Å². The minimum Gasteiger partial charge on any atom is -0.295 e. The molecule has 2 aromatic rings. The first-order valence-electron chi connectivity index (χ1n) is 7.03. The molecule has 0 saturated carbocycles. The number of benzene rings is 1. The lowest BCUT2D eigenvalue weighted by molar-refractivity contribution is -0.135. The number of rotatable bonds is 1. The van der Waals surface area contributed by atoms with E-state index >= 15 is 0 Å². The number of carbonyl (C=O) groups is 3. The van der Waals surface area contributed by atoms with Gasteiger partial charge in [0.05, 0.1) is 16.6 Å². The zero-order chi connectivity index (χ0) is 16.6. The number of para-hydroxylation sites is 1. The molecular weight excluding hydrogens is 298 g/mol. The molecule has 116 valence electrons. The van der Waals surface area contributed by atoms with Gasteiger partial charge in [-0.2, -0.15) is 0 Å². The molecule has 1 saturated heterocycles. The first-order valence-corrected chi connectivity index (χ1v) is 7.03. The third-order valence-corrected chi connectivity index (χ3v) is 3.89. The molecule has 1 aliphatic heterocycles. The van der Waals surface area contributed by atoms with Gasteiger partial charge in [-0.1, -0.05) is 12.0 Å². The van der Waals surface area contributed by atoms with Gasteiger partial charge < -0.3 is 0 Å². The molecule has 1 aromatic heterocycles. The first-order chi connectivity index (χ1) is 11.0. The second-order valence-electron chi connectivity index (χ2n) is 5.24. The van der Waals surface area contributed by atoms with Crippen LogP contribution >= 0.6 is 0 Å². The van der Waals surface area contributed by atoms with Gasteiger partial charge in [-0.15, -0.1) is 0 Å². The van der Waals surface area contributed by atoms with Crippen LogP contribution in [0.5, 0.6) is 0 Å². The van der Waals surface area contributed by atoms with Crippen molar-refractivity contribution in [2.24, 2.45) is 7.05 Å². The summed E-state index contributed by atoms with van der Waals surface area (Å²) in [6, 6.07) is 4.39. The Balaban J connectivity index is 2.25. The van der Waals surface area contributed by atoms with E-state index in [0.29, 0.717) is 22.9 Å². The van der Waals surface area contributed by atoms with Crippen molar-refractivity contribution in [2.45, 2.75) is 18.9 Å². The van der Waals surface area contributed by atoms with E-state index in [1.54, 1.807) is 25.2 Å². The summed E-state index contributed by atoms with van der Waals surface area (Å²) >= 11 is 0. The lowest BCUT2D eigenvalue weighted by Gasteiger charge is -2.21. The molecule has 0 spiro atoms. The Hall–Kier alpha value is -3.14. The number of nitrogens with zero attached hydrogens (tertiary/aromatic N) is 2. The van der Waals surface area contributed by atoms with E-state index in [9.17, 15) is 19.2 Å². The molecule has 0 radical (unpaired) electrons. The maximum atomic E-state index is 12.6. The van der Waals surface area contributed by atoms with Crippen LogP contribution in [-0.2, 0) is 21.4 Å². The van der Waals surface area contributed by atoms with E-state index < -0.39 is 11.9 Å². The topological polar surface area (TPSA) is 90.2 Å². The Bertz CT molecular complexity index is 955. The number of piperidine rings is 1. The highest BCUT2D eigenvalue weighted by atomic mass is 16.2. The molecule has 1 N–H and O–H groups in total. The minimum absolute atomic E-state index is 0.184. The van der Waals surface area contributed by atoms with E-state index in [2.05, 4.69) is 17.2 Å². The van der Waals surface area contributed by atoms with Crippen LogP contribution in [0.3, 0.4) is 0 Å². The van der Waals surface area contributed by atoms with Crippen molar-refractivity contribution in [2.75, 3.05) is 0 Å². The highest BCUT2D eigenvalue weighted by Crippen LogP contribution is 2.24. The van der Waals surface area contributed by atoms with Gasteiger partial charge in [0.1, 0.15) is 6.04 Å². The smallest absolute Gasteiger partial charge is 0.295 e. The molecule has 0 aliphatic carbocycles. The summed E-state index contributed by atoms with van der Waals surface area (Å²) in [5.74, 6) is 4.20. The molecule has 2 heterocycles. The van der Waals surface area contributed by atoms with Crippen LogP contribution < -0.4 is 11.0 Å². The van der Waals surface area contributed by atoms with Gasteiger partial charge in [-0.25, -0.2) is 4.79 Å². The molecule has 1 atom stereocenters. The molecule has 1 unspecified atom stereocenters. The second kappa shape index (κ2) is 5.57. The van der Waals surface area contributed by atoms with Crippen molar-refractivity contribution in [3.05, 3.63) is 34.2 Å². The summed E-state index contributed by atoms with van der Waals surface area (Å²) in [4.78, 5) is 46.4. The summed E-state index contributed by atoms with van der Waals surface area (Å²) in [5.41, 5.74) is 1.26. The number of carbonyl (C=O) groups excluding carboxylic acids is 3. The lowest BCUT2D eigenvalue weighted by Crippen LogP contribution is -2.44. The fraction of sp³-hybridized carbons (Fsp3) is 0.250.